The van der Waals surface area contributed by atoms with Gasteiger partial charge in [-0.3, -0.25) is 4.79 Å². The zero-order chi connectivity index (χ0) is 17.8. The van der Waals surface area contributed by atoms with Gasteiger partial charge in [0, 0.05) is 31.9 Å². The maximum atomic E-state index is 13.6. The van der Waals surface area contributed by atoms with Crippen molar-refractivity contribution in [1.29, 1.82) is 0 Å². The Morgan fingerprint density at radius 1 is 1.20 bits per heavy atom. The Balaban J connectivity index is 1.59. The highest BCUT2D eigenvalue weighted by Gasteiger charge is 2.31. The van der Waals surface area contributed by atoms with Crippen LogP contribution in [0.5, 0.6) is 0 Å². The Hall–Kier alpha value is -2.15. The van der Waals surface area contributed by atoms with Gasteiger partial charge in [-0.25, -0.2) is 9.18 Å². The van der Waals surface area contributed by atoms with Crippen molar-refractivity contribution in [3.05, 3.63) is 29.6 Å². The molecule has 2 heterocycles. The fraction of sp³-hybridized carbons (Fsp3) is 0.556. The molecule has 136 valence electrons. The molecule has 2 saturated heterocycles. The molecule has 0 spiro atoms. The van der Waals surface area contributed by atoms with E-state index in [0.29, 0.717) is 50.6 Å². The normalized spacial score (nSPS) is 21.1. The summed E-state index contributed by atoms with van der Waals surface area (Å²) in [6, 6.07) is 4.33. The molecule has 6 nitrogen and oxygen atoms in total. The largest absolute Gasteiger partial charge is 0.378 e. The van der Waals surface area contributed by atoms with E-state index in [1.807, 2.05) is 4.90 Å². The van der Waals surface area contributed by atoms with Crippen molar-refractivity contribution in [3.63, 3.8) is 0 Å². The van der Waals surface area contributed by atoms with Crippen LogP contribution in [-0.4, -0.2) is 61.1 Å². The van der Waals surface area contributed by atoms with Gasteiger partial charge in [0.1, 0.15) is 5.82 Å². The zero-order valence-corrected chi connectivity index (χ0v) is 14.5. The third-order valence-corrected chi connectivity index (χ3v) is 4.80. The van der Waals surface area contributed by atoms with Gasteiger partial charge in [0.15, 0.2) is 0 Å². The number of benzene rings is 1. The molecule has 2 aliphatic heterocycles. The minimum Gasteiger partial charge on any atom is -0.378 e. The summed E-state index contributed by atoms with van der Waals surface area (Å²) in [6.07, 6.45) is 1.58. The van der Waals surface area contributed by atoms with Crippen LogP contribution in [-0.2, 0) is 9.53 Å². The summed E-state index contributed by atoms with van der Waals surface area (Å²) in [4.78, 5) is 28.5. The lowest BCUT2D eigenvalue weighted by Gasteiger charge is -2.36. The van der Waals surface area contributed by atoms with E-state index in [-0.39, 0.29) is 23.7 Å². The zero-order valence-electron chi connectivity index (χ0n) is 14.5. The van der Waals surface area contributed by atoms with Crippen LogP contribution < -0.4 is 5.32 Å². The number of halogens is 1. The number of morpholine rings is 1. The molecule has 1 atom stereocenters. The molecule has 0 aromatic heterocycles. The van der Waals surface area contributed by atoms with E-state index in [1.165, 1.54) is 6.07 Å². The Morgan fingerprint density at radius 2 is 1.96 bits per heavy atom. The molecule has 7 heteroatoms. The van der Waals surface area contributed by atoms with Crippen molar-refractivity contribution < 1.29 is 18.7 Å². The second-order valence-corrected chi connectivity index (χ2v) is 6.62. The number of carbonyl (C=O) groups excluding carboxylic acids is 2. The van der Waals surface area contributed by atoms with Crippen LogP contribution in [0.3, 0.4) is 0 Å². The average Bonchev–Trinajstić information content (AvgIpc) is 2.65. The summed E-state index contributed by atoms with van der Waals surface area (Å²) in [7, 11) is 0. The van der Waals surface area contributed by atoms with E-state index in [9.17, 15) is 14.0 Å². The first-order valence-electron chi connectivity index (χ1n) is 8.73. The van der Waals surface area contributed by atoms with Gasteiger partial charge in [0.25, 0.3) is 0 Å². The number of hydrogen-bond donors (Lipinski definition) is 1. The van der Waals surface area contributed by atoms with Crippen LogP contribution in [0.2, 0.25) is 0 Å². The van der Waals surface area contributed by atoms with Gasteiger partial charge in [-0.05, 0) is 37.5 Å². The molecule has 3 rings (SSSR count). The number of urea groups is 1. The molecule has 2 aliphatic rings. The molecule has 0 saturated carbocycles. The maximum Gasteiger partial charge on any atom is 0.321 e. The highest BCUT2D eigenvalue weighted by Crippen LogP contribution is 2.21. The van der Waals surface area contributed by atoms with Gasteiger partial charge < -0.3 is 19.9 Å². The van der Waals surface area contributed by atoms with Crippen LogP contribution in [0.25, 0.3) is 0 Å². The molecule has 0 radical (unpaired) electrons. The summed E-state index contributed by atoms with van der Waals surface area (Å²) in [6.45, 7) is 5.05. The summed E-state index contributed by atoms with van der Waals surface area (Å²) >= 11 is 0. The van der Waals surface area contributed by atoms with Crippen molar-refractivity contribution in [2.24, 2.45) is 5.92 Å². The summed E-state index contributed by atoms with van der Waals surface area (Å²) in [5.41, 5.74) is 0.960. The Morgan fingerprint density at radius 3 is 2.68 bits per heavy atom. The third-order valence-electron chi connectivity index (χ3n) is 4.80. The molecule has 1 N–H and O–H groups in total. The van der Waals surface area contributed by atoms with Crippen LogP contribution in [0.15, 0.2) is 18.2 Å². The molecular formula is C18H24FN3O3. The van der Waals surface area contributed by atoms with E-state index >= 15 is 0 Å². The molecular weight excluding hydrogens is 325 g/mol. The molecule has 0 unspecified atom stereocenters. The highest BCUT2D eigenvalue weighted by atomic mass is 19.1. The second kappa shape index (κ2) is 7.82. The van der Waals surface area contributed by atoms with Gasteiger partial charge in [0.05, 0.1) is 19.1 Å². The number of aryl methyl sites for hydroxylation is 1. The van der Waals surface area contributed by atoms with Gasteiger partial charge in [-0.2, -0.15) is 0 Å². The van der Waals surface area contributed by atoms with Crippen molar-refractivity contribution >= 4 is 17.6 Å². The van der Waals surface area contributed by atoms with Gasteiger partial charge >= 0.3 is 6.03 Å². The average molecular weight is 349 g/mol. The van der Waals surface area contributed by atoms with E-state index < -0.39 is 0 Å². The second-order valence-electron chi connectivity index (χ2n) is 6.62. The van der Waals surface area contributed by atoms with Crippen molar-refractivity contribution in [2.45, 2.75) is 19.8 Å². The first-order valence-corrected chi connectivity index (χ1v) is 8.73. The number of anilines is 1. The monoisotopic (exact) mass is 349 g/mol. The van der Waals surface area contributed by atoms with Gasteiger partial charge in [-0.15, -0.1) is 0 Å². The lowest BCUT2D eigenvalue weighted by molar-refractivity contribution is -0.141. The van der Waals surface area contributed by atoms with Crippen LogP contribution >= 0.6 is 0 Å². The molecule has 3 amide bonds. The SMILES string of the molecule is Cc1ccc(NC(=O)N2CCC[C@@H](C(=O)N3CCOCC3)C2)cc1F. The quantitative estimate of drug-likeness (QED) is 0.891. The number of likely N-dealkylation sites (tertiary alicyclic amines) is 1. The molecule has 0 bridgehead atoms. The van der Waals surface area contributed by atoms with E-state index in [2.05, 4.69) is 5.32 Å². The fourth-order valence-electron chi connectivity index (χ4n) is 3.28. The Kier molecular flexibility index (Phi) is 5.53. The van der Waals surface area contributed by atoms with Crippen molar-refractivity contribution in [1.82, 2.24) is 9.80 Å². The maximum absolute atomic E-state index is 13.6. The molecule has 25 heavy (non-hydrogen) atoms. The molecule has 1 aromatic rings. The number of nitrogens with zero attached hydrogens (tertiary/aromatic N) is 2. The number of carbonyl (C=O) groups is 2. The minimum atomic E-state index is -0.350. The lowest BCUT2D eigenvalue weighted by atomic mass is 9.96. The Labute approximate surface area is 146 Å². The van der Waals surface area contributed by atoms with Crippen LogP contribution in [0, 0.1) is 18.7 Å². The number of hydrogen-bond acceptors (Lipinski definition) is 3. The third kappa shape index (κ3) is 4.28. The number of piperidine rings is 1. The van der Waals surface area contributed by atoms with Crippen molar-refractivity contribution in [2.75, 3.05) is 44.7 Å². The van der Waals surface area contributed by atoms with E-state index in [0.717, 1.165) is 12.8 Å². The topological polar surface area (TPSA) is 61.9 Å². The van der Waals surface area contributed by atoms with Crippen LogP contribution in [0.4, 0.5) is 14.9 Å². The van der Waals surface area contributed by atoms with Crippen molar-refractivity contribution in [3.8, 4) is 0 Å². The first kappa shape index (κ1) is 17.7. The minimum absolute atomic E-state index is 0.0992. The predicted octanol–water partition coefficient (Wildman–Crippen LogP) is 2.24. The van der Waals surface area contributed by atoms with Crippen LogP contribution in [0.1, 0.15) is 18.4 Å². The van der Waals surface area contributed by atoms with E-state index in [4.69, 9.17) is 4.74 Å². The number of amides is 3. The number of nitrogens with one attached hydrogen (secondary N) is 1. The van der Waals surface area contributed by atoms with Gasteiger partial charge in [-0.1, -0.05) is 6.07 Å². The Bertz CT molecular complexity index is 646. The smallest absolute Gasteiger partial charge is 0.321 e. The highest BCUT2D eigenvalue weighted by molar-refractivity contribution is 5.90. The predicted molar refractivity (Wildman–Crippen MR) is 91.9 cm³/mol. The first-order chi connectivity index (χ1) is 12.0. The number of rotatable bonds is 2. The molecule has 0 aliphatic carbocycles. The van der Waals surface area contributed by atoms with E-state index in [1.54, 1.807) is 24.0 Å². The summed E-state index contributed by atoms with van der Waals surface area (Å²) < 4.78 is 18.9. The standard InChI is InChI=1S/C18H24FN3O3/c1-13-4-5-15(11-16(13)19)20-18(24)22-6-2-3-14(12-22)17(23)21-7-9-25-10-8-21/h4-5,11,14H,2-3,6-10,12H2,1H3,(H,20,24)/t14-/m1/s1. The summed E-state index contributed by atoms with van der Waals surface area (Å²) in [5, 5.41) is 2.72. The lowest BCUT2D eigenvalue weighted by Crippen LogP contribution is -2.50. The molecule has 1 aromatic carbocycles. The number of ether oxygens (including phenoxy) is 1. The summed E-state index contributed by atoms with van der Waals surface area (Å²) in [5.74, 6) is -0.425. The fourth-order valence-corrected chi connectivity index (χ4v) is 3.28. The van der Waals surface area contributed by atoms with Gasteiger partial charge in [0.2, 0.25) is 5.91 Å². The molecule has 2 fully saturated rings.